The van der Waals surface area contributed by atoms with E-state index in [-0.39, 0.29) is 18.6 Å². The Balaban J connectivity index is 2.00. The molecule has 0 spiro atoms. The molecule has 1 aromatic rings. The predicted molar refractivity (Wildman–Crippen MR) is 101 cm³/mol. The third-order valence-corrected chi connectivity index (χ3v) is 4.40. The molecule has 1 fully saturated rings. The van der Waals surface area contributed by atoms with Gasteiger partial charge in [0.05, 0.1) is 25.4 Å². The van der Waals surface area contributed by atoms with Gasteiger partial charge in [-0.3, -0.25) is 4.79 Å². The van der Waals surface area contributed by atoms with Gasteiger partial charge >= 0.3 is 6.09 Å². The van der Waals surface area contributed by atoms with E-state index >= 15 is 0 Å². The molecule has 1 aliphatic heterocycles. The van der Waals surface area contributed by atoms with Crippen molar-refractivity contribution in [2.45, 2.75) is 44.9 Å². The van der Waals surface area contributed by atoms with Gasteiger partial charge in [0, 0.05) is 19.5 Å². The zero-order valence-corrected chi connectivity index (χ0v) is 16.0. The van der Waals surface area contributed by atoms with Crippen LogP contribution in [0.5, 0.6) is 0 Å². The Morgan fingerprint density at radius 1 is 1.37 bits per heavy atom. The van der Waals surface area contributed by atoms with Gasteiger partial charge in [-0.1, -0.05) is 44.2 Å². The molecule has 3 unspecified atom stereocenters. The third-order valence-electron chi connectivity index (χ3n) is 4.40. The van der Waals surface area contributed by atoms with Crippen molar-refractivity contribution in [3.05, 3.63) is 35.9 Å². The second kappa shape index (κ2) is 10.9. The summed E-state index contributed by atoms with van der Waals surface area (Å²) in [5.41, 5.74) is 0.979. The second-order valence-corrected chi connectivity index (χ2v) is 7.35. The molecular formula is C20H30N2O5. The van der Waals surface area contributed by atoms with Crippen LogP contribution in [0, 0.1) is 5.92 Å². The highest BCUT2D eigenvalue weighted by Gasteiger charge is 2.27. The summed E-state index contributed by atoms with van der Waals surface area (Å²) in [4.78, 5) is 25.1. The lowest BCUT2D eigenvalue weighted by atomic mass is 10.0. The largest absolute Gasteiger partial charge is 0.444 e. The molecule has 0 bridgehead atoms. The van der Waals surface area contributed by atoms with Crippen LogP contribution in [-0.4, -0.2) is 67.1 Å². The molecule has 150 valence electrons. The number of benzene rings is 1. The van der Waals surface area contributed by atoms with E-state index in [4.69, 9.17) is 9.47 Å². The number of amides is 2. The first-order valence-electron chi connectivity index (χ1n) is 9.44. The number of aliphatic hydroxyl groups is 1. The zero-order valence-electron chi connectivity index (χ0n) is 16.0. The molecule has 2 amide bonds. The molecule has 2 N–H and O–H groups in total. The lowest BCUT2D eigenvalue weighted by Gasteiger charge is -2.29. The van der Waals surface area contributed by atoms with Gasteiger partial charge in [-0.25, -0.2) is 4.79 Å². The first-order chi connectivity index (χ1) is 13.0. The van der Waals surface area contributed by atoms with Gasteiger partial charge in [-0.05, 0) is 17.9 Å². The number of hydrogen-bond donors (Lipinski definition) is 2. The maximum Gasteiger partial charge on any atom is 0.407 e. The van der Waals surface area contributed by atoms with Crippen LogP contribution >= 0.6 is 0 Å². The maximum atomic E-state index is 12.3. The first-order valence-corrected chi connectivity index (χ1v) is 9.44. The fraction of sp³-hybridized carbons (Fsp3) is 0.600. The Labute approximate surface area is 160 Å². The summed E-state index contributed by atoms with van der Waals surface area (Å²) in [7, 11) is 0. The minimum atomic E-state index is -0.915. The third kappa shape index (κ3) is 7.56. The van der Waals surface area contributed by atoms with Gasteiger partial charge in [0.15, 0.2) is 0 Å². The summed E-state index contributed by atoms with van der Waals surface area (Å²) in [5.74, 6) is 0.287. The fourth-order valence-electron chi connectivity index (χ4n) is 3.09. The minimum Gasteiger partial charge on any atom is -0.444 e. The molecule has 7 heteroatoms. The molecule has 0 saturated carbocycles. The molecule has 7 nitrogen and oxygen atoms in total. The van der Waals surface area contributed by atoms with Crippen molar-refractivity contribution in [1.29, 1.82) is 0 Å². The van der Waals surface area contributed by atoms with E-state index in [1.54, 1.807) is 0 Å². The fourth-order valence-corrected chi connectivity index (χ4v) is 3.09. The smallest absolute Gasteiger partial charge is 0.407 e. The number of rotatable bonds is 10. The van der Waals surface area contributed by atoms with Gasteiger partial charge in [0.1, 0.15) is 6.10 Å². The van der Waals surface area contributed by atoms with Crippen LogP contribution in [-0.2, 0) is 20.7 Å². The molecule has 1 saturated heterocycles. The summed E-state index contributed by atoms with van der Waals surface area (Å²) < 4.78 is 10.6. The van der Waals surface area contributed by atoms with Crippen molar-refractivity contribution in [2.75, 3.05) is 26.3 Å². The van der Waals surface area contributed by atoms with Crippen molar-refractivity contribution in [2.24, 2.45) is 5.92 Å². The van der Waals surface area contributed by atoms with Crippen LogP contribution in [0.3, 0.4) is 0 Å². The lowest BCUT2D eigenvalue weighted by molar-refractivity contribution is -0.120. The number of alkyl carbamates (subject to hydrolysis) is 1. The Morgan fingerprint density at radius 3 is 2.70 bits per heavy atom. The van der Waals surface area contributed by atoms with E-state index in [0.717, 1.165) is 12.0 Å². The minimum absolute atomic E-state index is 0.145. The number of nitrogens with zero attached hydrogens (tertiary/aromatic N) is 1. The predicted octanol–water partition coefficient (Wildman–Crippen LogP) is 1.59. The normalized spacial score (nSPS) is 18.7. The highest BCUT2D eigenvalue weighted by molar-refractivity contribution is 5.68. The van der Waals surface area contributed by atoms with E-state index in [0.29, 0.717) is 32.6 Å². The van der Waals surface area contributed by atoms with Crippen LogP contribution < -0.4 is 5.32 Å². The summed E-state index contributed by atoms with van der Waals surface area (Å²) in [6.07, 6.45) is 0.0939. The molecule has 0 aromatic heterocycles. The van der Waals surface area contributed by atoms with E-state index in [1.807, 2.05) is 44.2 Å². The summed E-state index contributed by atoms with van der Waals surface area (Å²) in [5, 5.41) is 13.5. The van der Waals surface area contributed by atoms with Gasteiger partial charge in [-0.2, -0.15) is 0 Å². The van der Waals surface area contributed by atoms with Crippen molar-refractivity contribution in [1.82, 2.24) is 10.2 Å². The molecule has 1 aromatic carbocycles. The van der Waals surface area contributed by atoms with Gasteiger partial charge < -0.3 is 24.8 Å². The summed E-state index contributed by atoms with van der Waals surface area (Å²) in [6.45, 7) is 5.67. The second-order valence-electron chi connectivity index (χ2n) is 7.35. The Bertz CT molecular complexity index is 575. The Kier molecular flexibility index (Phi) is 8.54. The topological polar surface area (TPSA) is 88.1 Å². The first kappa shape index (κ1) is 21.2. The van der Waals surface area contributed by atoms with E-state index in [2.05, 4.69) is 5.32 Å². The highest BCUT2D eigenvalue weighted by Crippen LogP contribution is 2.11. The van der Waals surface area contributed by atoms with Crippen LogP contribution in [0.15, 0.2) is 30.3 Å². The zero-order chi connectivity index (χ0) is 19.6. The number of nitrogens with one attached hydrogen (secondary N) is 1. The van der Waals surface area contributed by atoms with Crippen LogP contribution in [0.1, 0.15) is 25.8 Å². The van der Waals surface area contributed by atoms with Gasteiger partial charge in [0.2, 0.25) is 6.41 Å². The van der Waals surface area contributed by atoms with E-state index in [1.165, 1.54) is 4.90 Å². The van der Waals surface area contributed by atoms with Crippen molar-refractivity contribution < 1.29 is 24.2 Å². The number of ether oxygens (including phenoxy) is 2. The van der Waals surface area contributed by atoms with Crippen molar-refractivity contribution >= 4 is 12.5 Å². The number of carbonyl (C=O) groups excluding carboxylic acids is 2. The molecule has 0 radical (unpaired) electrons. The number of carbonyl (C=O) groups is 2. The van der Waals surface area contributed by atoms with Crippen molar-refractivity contribution in [3.63, 3.8) is 0 Å². The van der Waals surface area contributed by atoms with Crippen LogP contribution in [0.4, 0.5) is 4.79 Å². The van der Waals surface area contributed by atoms with Crippen LogP contribution in [0.25, 0.3) is 0 Å². The Morgan fingerprint density at radius 2 is 2.11 bits per heavy atom. The molecule has 1 heterocycles. The number of aliphatic hydroxyl groups excluding tert-OH is 1. The SMILES string of the molecule is CC(C)CN(C=O)CC(O)C(Cc1ccccc1)NC(=O)OC1CCOC1. The Hall–Kier alpha value is -2.12. The quantitative estimate of drug-likeness (QED) is 0.604. The maximum absolute atomic E-state index is 12.3. The molecule has 2 rings (SSSR count). The molecule has 0 aliphatic carbocycles. The average molecular weight is 378 g/mol. The highest BCUT2D eigenvalue weighted by atomic mass is 16.6. The van der Waals surface area contributed by atoms with Crippen LogP contribution in [0.2, 0.25) is 0 Å². The van der Waals surface area contributed by atoms with Gasteiger partial charge in [0.25, 0.3) is 0 Å². The van der Waals surface area contributed by atoms with E-state index < -0.39 is 18.2 Å². The standard InChI is InChI=1S/C20H30N2O5/c1-15(2)11-22(14-23)12-19(24)18(10-16-6-4-3-5-7-16)21-20(25)27-17-8-9-26-13-17/h3-7,14-15,17-19,24H,8-13H2,1-2H3,(H,21,25). The average Bonchev–Trinajstić information content (AvgIpc) is 3.13. The monoisotopic (exact) mass is 378 g/mol. The molecular weight excluding hydrogens is 348 g/mol. The number of hydrogen-bond acceptors (Lipinski definition) is 5. The van der Waals surface area contributed by atoms with E-state index in [9.17, 15) is 14.7 Å². The van der Waals surface area contributed by atoms with Gasteiger partial charge in [-0.15, -0.1) is 0 Å². The molecule has 27 heavy (non-hydrogen) atoms. The summed E-state index contributed by atoms with van der Waals surface area (Å²) >= 11 is 0. The lowest BCUT2D eigenvalue weighted by Crippen LogP contribution is -2.50. The summed E-state index contributed by atoms with van der Waals surface area (Å²) in [6, 6.07) is 9.02. The molecule has 3 atom stereocenters. The van der Waals surface area contributed by atoms with Crippen molar-refractivity contribution in [3.8, 4) is 0 Å². The molecule has 1 aliphatic rings.